The minimum Gasteiger partial charge on any atom is -0.375 e. The minimum absolute atomic E-state index is 0.234. The Kier molecular flexibility index (Phi) is 3.11. The van der Waals surface area contributed by atoms with Crippen LogP contribution in [0.3, 0.4) is 0 Å². The summed E-state index contributed by atoms with van der Waals surface area (Å²) in [4.78, 5) is 19.7. The van der Waals surface area contributed by atoms with Crippen LogP contribution in [-0.2, 0) is 11.2 Å². The fraction of sp³-hybridized carbons (Fsp3) is 0.692. The maximum atomic E-state index is 11.9. The number of hydrogen-bond donors (Lipinski definition) is 0. The van der Waals surface area contributed by atoms with Gasteiger partial charge in [0.1, 0.15) is 0 Å². The van der Waals surface area contributed by atoms with E-state index in [1.54, 1.807) is 11.3 Å². The average Bonchev–Trinajstić information content (AvgIpc) is 2.77. The number of aryl methyl sites for hydroxylation is 1. The highest BCUT2D eigenvalue weighted by atomic mass is 32.1. The van der Waals surface area contributed by atoms with Crippen molar-refractivity contribution < 1.29 is 9.53 Å². The highest BCUT2D eigenvalue weighted by molar-refractivity contribution is 7.17. The van der Waals surface area contributed by atoms with E-state index in [1.807, 2.05) is 0 Å². The van der Waals surface area contributed by atoms with Gasteiger partial charge in [-0.15, -0.1) is 0 Å². The van der Waals surface area contributed by atoms with Crippen molar-refractivity contribution in [3.63, 3.8) is 0 Å². The number of rotatable bonds is 1. The van der Waals surface area contributed by atoms with Crippen LogP contribution in [0.5, 0.6) is 0 Å². The third-order valence-electron chi connectivity index (χ3n) is 3.61. The summed E-state index contributed by atoms with van der Waals surface area (Å²) in [7, 11) is 0. The molecule has 98 valence electrons. The number of ether oxygens (including phenoxy) is 1. The average molecular weight is 266 g/mol. The number of Topliss-reactive ketones (excluding diaryl/α,β-unsaturated/α-hetero) is 1. The Balaban J connectivity index is 1.90. The van der Waals surface area contributed by atoms with E-state index < -0.39 is 0 Å². The highest BCUT2D eigenvalue weighted by Gasteiger charge is 2.29. The molecule has 0 amide bonds. The van der Waals surface area contributed by atoms with Crippen molar-refractivity contribution >= 4 is 22.3 Å². The number of carbonyl (C=O) groups excluding carboxylic acids is 1. The van der Waals surface area contributed by atoms with E-state index in [2.05, 4.69) is 23.7 Å². The molecule has 0 radical (unpaired) electrons. The van der Waals surface area contributed by atoms with Gasteiger partial charge >= 0.3 is 0 Å². The normalized spacial score (nSPS) is 28.3. The zero-order valence-corrected chi connectivity index (χ0v) is 11.6. The van der Waals surface area contributed by atoms with Gasteiger partial charge < -0.3 is 9.64 Å². The zero-order chi connectivity index (χ0) is 12.7. The first-order chi connectivity index (χ1) is 8.65. The summed E-state index contributed by atoms with van der Waals surface area (Å²) < 4.78 is 5.63. The number of ketones is 1. The molecule has 0 bridgehead atoms. The van der Waals surface area contributed by atoms with Gasteiger partial charge in [-0.1, -0.05) is 11.3 Å². The third-order valence-corrected chi connectivity index (χ3v) is 4.79. The van der Waals surface area contributed by atoms with Crippen molar-refractivity contribution in [3.8, 4) is 0 Å². The fourth-order valence-electron chi connectivity index (χ4n) is 2.55. The Morgan fingerprint density at radius 1 is 1.39 bits per heavy atom. The van der Waals surface area contributed by atoms with Crippen LogP contribution in [-0.4, -0.2) is 36.1 Å². The molecule has 5 heteroatoms. The number of fused-ring (bicyclic) bond motifs is 1. The number of hydrogen-bond acceptors (Lipinski definition) is 5. The lowest BCUT2D eigenvalue weighted by Crippen LogP contribution is -2.47. The van der Waals surface area contributed by atoms with Crippen LogP contribution < -0.4 is 4.90 Å². The topological polar surface area (TPSA) is 42.4 Å². The molecule has 3 rings (SSSR count). The summed E-state index contributed by atoms with van der Waals surface area (Å²) in [5.74, 6) is 0.272. The monoisotopic (exact) mass is 266 g/mol. The first-order valence-electron chi connectivity index (χ1n) is 6.56. The van der Waals surface area contributed by atoms with Crippen LogP contribution >= 0.6 is 11.3 Å². The maximum Gasteiger partial charge on any atom is 0.186 e. The number of nitrogens with zero attached hydrogens (tertiary/aromatic N) is 2. The molecular formula is C13H18N2O2S. The van der Waals surface area contributed by atoms with Gasteiger partial charge in [-0.25, -0.2) is 4.98 Å². The van der Waals surface area contributed by atoms with Gasteiger partial charge in [-0.2, -0.15) is 0 Å². The van der Waals surface area contributed by atoms with E-state index in [0.29, 0.717) is 12.5 Å². The first kappa shape index (κ1) is 12.1. The molecule has 2 atom stereocenters. The lowest BCUT2D eigenvalue weighted by Gasteiger charge is -2.36. The summed E-state index contributed by atoms with van der Waals surface area (Å²) in [6.45, 7) is 5.83. The summed E-state index contributed by atoms with van der Waals surface area (Å²) in [5, 5.41) is 0.998. The molecule has 1 aromatic heterocycles. The smallest absolute Gasteiger partial charge is 0.186 e. The van der Waals surface area contributed by atoms with E-state index >= 15 is 0 Å². The van der Waals surface area contributed by atoms with Crippen molar-refractivity contribution in [2.75, 3.05) is 18.1 Å². The molecule has 2 heterocycles. The molecule has 2 aliphatic rings. The van der Waals surface area contributed by atoms with Crippen molar-refractivity contribution in [1.82, 2.24) is 4.98 Å². The fourth-order valence-corrected chi connectivity index (χ4v) is 3.74. The van der Waals surface area contributed by atoms with Crippen molar-refractivity contribution in [1.29, 1.82) is 0 Å². The molecule has 0 saturated carbocycles. The van der Waals surface area contributed by atoms with Crippen molar-refractivity contribution in [2.24, 2.45) is 0 Å². The molecule has 0 N–H and O–H groups in total. The van der Waals surface area contributed by atoms with Crippen molar-refractivity contribution in [2.45, 2.75) is 45.3 Å². The SMILES string of the molecule is CC1CN(c2nc3c(s2)C(=O)CCC3)C(C)CO1. The Morgan fingerprint density at radius 3 is 3.00 bits per heavy atom. The molecule has 4 nitrogen and oxygen atoms in total. The molecule has 18 heavy (non-hydrogen) atoms. The second-order valence-electron chi connectivity index (χ2n) is 5.19. The Bertz CT molecular complexity index is 472. The van der Waals surface area contributed by atoms with E-state index in [0.717, 1.165) is 41.7 Å². The van der Waals surface area contributed by atoms with Crippen LogP contribution in [0.25, 0.3) is 0 Å². The van der Waals surface area contributed by atoms with Gasteiger partial charge in [-0.3, -0.25) is 4.79 Å². The van der Waals surface area contributed by atoms with Crippen LogP contribution in [0.15, 0.2) is 0 Å². The minimum atomic E-state index is 0.234. The van der Waals surface area contributed by atoms with Gasteiger partial charge in [0.15, 0.2) is 10.9 Å². The predicted octanol–water partition coefficient (Wildman–Crippen LogP) is 2.28. The molecule has 0 spiro atoms. The molecular weight excluding hydrogens is 248 g/mol. The molecule has 1 aliphatic carbocycles. The largest absolute Gasteiger partial charge is 0.375 e. The lowest BCUT2D eigenvalue weighted by molar-refractivity contribution is 0.0343. The van der Waals surface area contributed by atoms with E-state index in [9.17, 15) is 4.79 Å². The number of morpholine rings is 1. The predicted molar refractivity (Wildman–Crippen MR) is 71.6 cm³/mol. The summed E-state index contributed by atoms with van der Waals surface area (Å²) in [6.07, 6.45) is 2.82. The van der Waals surface area contributed by atoms with Crippen molar-refractivity contribution in [3.05, 3.63) is 10.6 Å². The Hall–Kier alpha value is -0.940. The lowest BCUT2D eigenvalue weighted by atomic mass is 10.0. The molecule has 1 aliphatic heterocycles. The van der Waals surface area contributed by atoms with Crippen LogP contribution in [0, 0.1) is 0 Å². The Labute approximate surface area is 111 Å². The number of anilines is 1. The number of aromatic nitrogens is 1. The van der Waals surface area contributed by atoms with Crippen LogP contribution in [0.1, 0.15) is 42.1 Å². The van der Waals surface area contributed by atoms with Gasteiger partial charge in [-0.05, 0) is 26.7 Å². The van der Waals surface area contributed by atoms with Gasteiger partial charge in [0.2, 0.25) is 0 Å². The van der Waals surface area contributed by atoms with E-state index in [1.165, 1.54) is 0 Å². The molecule has 1 aromatic rings. The zero-order valence-electron chi connectivity index (χ0n) is 10.8. The summed E-state index contributed by atoms with van der Waals surface area (Å²) in [5.41, 5.74) is 1.01. The Morgan fingerprint density at radius 2 is 2.22 bits per heavy atom. The maximum absolute atomic E-state index is 11.9. The third kappa shape index (κ3) is 2.06. The standard InChI is InChI=1S/C13H18N2O2S/c1-8-7-17-9(2)6-15(8)13-14-10-4-3-5-11(16)12(10)18-13/h8-9H,3-7H2,1-2H3. The number of thiazole rings is 1. The highest BCUT2D eigenvalue weighted by Crippen LogP contribution is 2.33. The second kappa shape index (κ2) is 4.63. The first-order valence-corrected chi connectivity index (χ1v) is 7.38. The van der Waals surface area contributed by atoms with Gasteiger partial charge in [0.25, 0.3) is 0 Å². The summed E-state index contributed by atoms with van der Waals surface area (Å²) >= 11 is 1.57. The molecule has 1 fully saturated rings. The van der Waals surface area contributed by atoms with E-state index in [-0.39, 0.29) is 11.9 Å². The quantitative estimate of drug-likeness (QED) is 0.782. The van der Waals surface area contributed by atoms with E-state index in [4.69, 9.17) is 4.74 Å². The molecule has 0 aromatic carbocycles. The molecule has 1 saturated heterocycles. The number of carbonyl (C=O) groups is 1. The summed E-state index contributed by atoms with van der Waals surface area (Å²) in [6, 6.07) is 0.337. The van der Waals surface area contributed by atoms with Crippen LogP contribution in [0.2, 0.25) is 0 Å². The second-order valence-corrected chi connectivity index (χ2v) is 6.17. The van der Waals surface area contributed by atoms with Gasteiger partial charge in [0, 0.05) is 13.0 Å². The molecule has 2 unspecified atom stereocenters. The van der Waals surface area contributed by atoms with Crippen LogP contribution in [0.4, 0.5) is 5.13 Å². The van der Waals surface area contributed by atoms with Gasteiger partial charge in [0.05, 0.1) is 29.3 Å².